The van der Waals surface area contributed by atoms with Gasteiger partial charge in [-0.05, 0) is 39.0 Å². The topological polar surface area (TPSA) is 29.9 Å². The third kappa shape index (κ3) is 1.93. The van der Waals surface area contributed by atoms with Crippen molar-refractivity contribution in [2.75, 3.05) is 6.54 Å². The van der Waals surface area contributed by atoms with Gasteiger partial charge in [-0.25, -0.2) is 4.98 Å². The fourth-order valence-electron chi connectivity index (χ4n) is 4.48. The first-order valence-corrected chi connectivity index (χ1v) is 8.59. The molecule has 2 fully saturated rings. The molecule has 0 atom stereocenters. The van der Waals surface area contributed by atoms with E-state index in [1.807, 2.05) is 0 Å². The molecule has 0 saturated heterocycles. The summed E-state index contributed by atoms with van der Waals surface area (Å²) in [4.78, 5) is 5.12. The van der Waals surface area contributed by atoms with E-state index < -0.39 is 0 Å². The molecule has 0 spiro atoms. The molecule has 1 aliphatic heterocycles. The lowest BCUT2D eigenvalue weighted by molar-refractivity contribution is 0.154. The van der Waals surface area contributed by atoms with Crippen molar-refractivity contribution in [3.8, 4) is 0 Å². The van der Waals surface area contributed by atoms with Crippen molar-refractivity contribution in [1.29, 1.82) is 0 Å². The van der Waals surface area contributed by atoms with Crippen molar-refractivity contribution in [3.05, 3.63) is 17.2 Å². The third-order valence-corrected chi connectivity index (χ3v) is 5.85. The summed E-state index contributed by atoms with van der Waals surface area (Å²) in [5.74, 6) is 2.17. The van der Waals surface area contributed by atoms with Crippen molar-refractivity contribution in [2.24, 2.45) is 0 Å². The van der Waals surface area contributed by atoms with E-state index in [-0.39, 0.29) is 0 Å². The molecule has 0 aromatic carbocycles. The standard InChI is InChI=1S/C17H27N3/c1-17(9-5-10-17)20-15-8-11-18-12-14(15)19-16(20)13-6-3-2-4-7-13/h13,18H,2-12H2,1H3. The van der Waals surface area contributed by atoms with Gasteiger partial charge in [0, 0.05) is 36.7 Å². The van der Waals surface area contributed by atoms with Crippen LogP contribution in [0.5, 0.6) is 0 Å². The first-order chi connectivity index (χ1) is 9.78. The van der Waals surface area contributed by atoms with Gasteiger partial charge in [0.1, 0.15) is 5.82 Å². The molecular weight excluding hydrogens is 246 g/mol. The molecule has 2 heterocycles. The molecular formula is C17H27N3. The van der Waals surface area contributed by atoms with Crippen LogP contribution in [0.4, 0.5) is 0 Å². The van der Waals surface area contributed by atoms with Crippen molar-refractivity contribution in [1.82, 2.24) is 14.9 Å². The van der Waals surface area contributed by atoms with Gasteiger partial charge in [-0.15, -0.1) is 0 Å². The van der Waals surface area contributed by atoms with Gasteiger partial charge in [0.15, 0.2) is 0 Å². The first-order valence-electron chi connectivity index (χ1n) is 8.59. The second kappa shape index (κ2) is 4.87. The Hall–Kier alpha value is -0.830. The predicted octanol–water partition coefficient (Wildman–Crippen LogP) is 3.48. The van der Waals surface area contributed by atoms with Crippen molar-refractivity contribution in [2.45, 2.75) is 82.7 Å². The summed E-state index contributed by atoms with van der Waals surface area (Å²) in [5.41, 5.74) is 3.29. The molecule has 1 N–H and O–H groups in total. The predicted molar refractivity (Wildman–Crippen MR) is 81.0 cm³/mol. The molecule has 0 bridgehead atoms. The largest absolute Gasteiger partial charge is 0.326 e. The number of rotatable bonds is 2. The van der Waals surface area contributed by atoms with E-state index in [1.165, 1.54) is 69.3 Å². The fraction of sp³-hybridized carbons (Fsp3) is 0.824. The maximum Gasteiger partial charge on any atom is 0.112 e. The van der Waals surface area contributed by atoms with E-state index in [2.05, 4.69) is 16.8 Å². The van der Waals surface area contributed by atoms with Crippen LogP contribution in [-0.4, -0.2) is 16.1 Å². The number of nitrogens with zero attached hydrogens (tertiary/aromatic N) is 2. The number of aromatic nitrogens is 2. The van der Waals surface area contributed by atoms with Crippen LogP contribution in [0.2, 0.25) is 0 Å². The van der Waals surface area contributed by atoms with Gasteiger partial charge in [0.05, 0.1) is 5.69 Å². The number of fused-ring (bicyclic) bond motifs is 1. The van der Waals surface area contributed by atoms with E-state index in [0.717, 1.165) is 19.0 Å². The van der Waals surface area contributed by atoms with E-state index in [9.17, 15) is 0 Å². The summed E-state index contributed by atoms with van der Waals surface area (Å²) in [6, 6.07) is 0. The number of nitrogens with one attached hydrogen (secondary N) is 1. The van der Waals surface area contributed by atoms with Crippen LogP contribution in [0.1, 0.15) is 81.4 Å². The Morgan fingerprint density at radius 3 is 2.65 bits per heavy atom. The molecule has 3 heteroatoms. The molecule has 1 aromatic heterocycles. The fourth-order valence-corrected chi connectivity index (χ4v) is 4.48. The normalized spacial score (nSPS) is 26.1. The van der Waals surface area contributed by atoms with E-state index >= 15 is 0 Å². The summed E-state index contributed by atoms with van der Waals surface area (Å²) >= 11 is 0. The molecule has 110 valence electrons. The van der Waals surface area contributed by atoms with E-state index in [1.54, 1.807) is 5.69 Å². The number of hydrogen-bond donors (Lipinski definition) is 1. The smallest absolute Gasteiger partial charge is 0.112 e. The van der Waals surface area contributed by atoms with Gasteiger partial charge in [-0.3, -0.25) is 0 Å². The molecule has 4 rings (SSSR count). The van der Waals surface area contributed by atoms with Gasteiger partial charge in [0.25, 0.3) is 0 Å². The third-order valence-electron chi connectivity index (χ3n) is 5.85. The van der Waals surface area contributed by atoms with Crippen LogP contribution in [0, 0.1) is 0 Å². The van der Waals surface area contributed by atoms with Crippen LogP contribution in [0.25, 0.3) is 0 Å². The molecule has 3 nitrogen and oxygen atoms in total. The van der Waals surface area contributed by atoms with E-state index in [4.69, 9.17) is 4.98 Å². The Morgan fingerprint density at radius 2 is 1.95 bits per heavy atom. The minimum Gasteiger partial charge on any atom is -0.326 e. The van der Waals surface area contributed by atoms with E-state index in [0.29, 0.717) is 5.54 Å². The monoisotopic (exact) mass is 273 g/mol. The van der Waals surface area contributed by atoms with Gasteiger partial charge in [0.2, 0.25) is 0 Å². The highest BCUT2D eigenvalue weighted by molar-refractivity contribution is 5.25. The Kier molecular flexibility index (Phi) is 3.13. The molecule has 2 saturated carbocycles. The molecule has 3 aliphatic rings. The van der Waals surface area contributed by atoms with Gasteiger partial charge < -0.3 is 9.88 Å². The van der Waals surface area contributed by atoms with Gasteiger partial charge in [-0.1, -0.05) is 19.3 Å². The Bertz CT molecular complexity index is 493. The minimum atomic E-state index is 0.380. The van der Waals surface area contributed by atoms with Crippen molar-refractivity contribution in [3.63, 3.8) is 0 Å². The summed E-state index contributed by atoms with van der Waals surface area (Å²) in [6.07, 6.45) is 12.2. The zero-order chi connectivity index (χ0) is 13.6. The Morgan fingerprint density at radius 1 is 1.15 bits per heavy atom. The van der Waals surface area contributed by atoms with Crippen LogP contribution in [0.3, 0.4) is 0 Å². The number of hydrogen-bond acceptors (Lipinski definition) is 2. The highest BCUT2D eigenvalue weighted by atomic mass is 15.2. The average Bonchev–Trinajstić information content (AvgIpc) is 2.85. The molecule has 0 unspecified atom stereocenters. The Balaban J connectivity index is 1.78. The molecule has 20 heavy (non-hydrogen) atoms. The summed E-state index contributed by atoms with van der Waals surface area (Å²) < 4.78 is 2.71. The second-order valence-electron chi connectivity index (χ2n) is 7.31. The molecule has 0 amide bonds. The van der Waals surface area contributed by atoms with Crippen LogP contribution >= 0.6 is 0 Å². The summed E-state index contributed by atoms with van der Waals surface area (Å²) in [6.45, 7) is 4.57. The lowest BCUT2D eigenvalue weighted by Gasteiger charge is -2.43. The quantitative estimate of drug-likeness (QED) is 0.894. The SMILES string of the molecule is CC1(n2c(C3CCCCC3)nc3c2CCNC3)CCC1. The van der Waals surface area contributed by atoms with Crippen LogP contribution in [0.15, 0.2) is 0 Å². The van der Waals surface area contributed by atoms with Gasteiger partial charge in [-0.2, -0.15) is 0 Å². The molecule has 2 aliphatic carbocycles. The summed E-state index contributed by atoms with van der Waals surface area (Å²) in [7, 11) is 0. The molecule has 1 aromatic rings. The van der Waals surface area contributed by atoms with Crippen LogP contribution in [-0.2, 0) is 18.5 Å². The number of imidazole rings is 1. The zero-order valence-corrected chi connectivity index (χ0v) is 12.7. The lowest BCUT2D eigenvalue weighted by Crippen LogP contribution is -2.41. The first kappa shape index (κ1) is 12.9. The lowest BCUT2D eigenvalue weighted by atomic mass is 9.77. The Labute approximate surface area is 122 Å². The maximum absolute atomic E-state index is 5.12. The van der Waals surface area contributed by atoms with Gasteiger partial charge >= 0.3 is 0 Å². The second-order valence-corrected chi connectivity index (χ2v) is 7.31. The highest BCUT2D eigenvalue weighted by Gasteiger charge is 2.39. The van der Waals surface area contributed by atoms with Crippen LogP contribution < -0.4 is 5.32 Å². The average molecular weight is 273 g/mol. The summed E-state index contributed by atoms with van der Waals surface area (Å²) in [5, 5.41) is 3.50. The maximum atomic E-state index is 5.12. The highest BCUT2D eigenvalue weighted by Crippen LogP contribution is 2.44. The molecule has 0 radical (unpaired) electrons. The van der Waals surface area contributed by atoms with Crippen molar-refractivity contribution >= 4 is 0 Å². The minimum absolute atomic E-state index is 0.380. The zero-order valence-electron chi connectivity index (χ0n) is 12.7. The van der Waals surface area contributed by atoms with Crippen molar-refractivity contribution < 1.29 is 0 Å².